The molecule has 0 unspecified atom stereocenters. The van der Waals surface area contributed by atoms with Crippen LogP contribution in [0.2, 0.25) is 0 Å². The summed E-state index contributed by atoms with van der Waals surface area (Å²) in [4.78, 5) is 13.2. The van der Waals surface area contributed by atoms with Gasteiger partial charge in [0.2, 0.25) is 5.91 Å². The SMILES string of the molecule is C#CCN(CC)C(=O)Cn1ccnn1. The molecule has 0 aromatic carbocycles. The molecule has 74 valence electrons. The lowest BCUT2D eigenvalue weighted by molar-refractivity contribution is -0.131. The maximum Gasteiger partial charge on any atom is 0.245 e. The summed E-state index contributed by atoms with van der Waals surface area (Å²) in [6.45, 7) is 3.02. The van der Waals surface area contributed by atoms with Gasteiger partial charge in [0, 0.05) is 12.7 Å². The predicted molar refractivity (Wildman–Crippen MR) is 51.1 cm³/mol. The van der Waals surface area contributed by atoms with Gasteiger partial charge in [-0.1, -0.05) is 11.1 Å². The molecule has 0 N–H and O–H groups in total. The lowest BCUT2D eigenvalue weighted by Crippen LogP contribution is -2.34. The maximum atomic E-state index is 11.6. The number of terminal acetylenes is 1. The molecule has 0 saturated heterocycles. The summed E-state index contributed by atoms with van der Waals surface area (Å²) in [5, 5.41) is 7.31. The van der Waals surface area contributed by atoms with Crippen molar-refractivity contribution >= 4 is 5.91 Å². The number of nitrogens with zero attached hydrogens (tertiary/aromatic N) is 4. The van der Waals surface area contributed by atoms with Crippen LogP contribution in [0.3, 0.4) is 0 Å². The minimum atomic E-state index is -0.0454. The Bertz CT molecular complexity index is 325. The molecule has 0 aliphatic heterocycles. The number of rotatable bonds is 4. The highest BCUT2D eigenvalue weighted by molar-refractivity contribution is 5.76. The zero-order valence-electron chi connectivity index (χ0n) is 8.05. The van der Waals surface area contributed by atoms with E-state index in [2.05, 4.69) is 16.2 Å². The Morgan fingerprint density at radius 1 is 1.71 bits per heavy atom. The Labute approximate surface area is 82.7 Å². The lowest BCUT2D eigenvalue weighted by Gasteiger charge is -2.17. The van der Waals surface area contributed by atoms with Gasteiger partial charge in [0.25, 0.3) is 0 Å². The van der Waals surface area contributed by atoms with Crippen molar-refractivity contribution in [3.63, 3.8) is 0 Å². The van der Waals surface area contributed by atoms with Gasteiger partial charge >= 0.3 is 0 Å². The van der Waals surface area contributed by atoms with Crippen molar-refractivity contribution in [3.8, 4) is 12.3 Å². The molecule has 1 aromatic rings. The zero-order valence-corrected chi connectivity index (χ0v) is 8.05. The summed E-state index contributed by atoms with van der Waals surface area (Å²) in [6, 6.07) is 0. The van der Waals surface area contributed by atoms with Crippen LogP contribution < -0.4 is 0 Å². The molecule has 0 fully saturated rings. The first-order valence-corrected chi connectivity index (χ1v) is 4.33. The molecular weight excluding hydrogens is 180 g/mol. The molecule has 14 heavy (non-hydrogen) atoms. The van der Waals surface area contributed by atoms with Crippen molar-refractivity contribution in [1.82, 2.24) is 19.9 Å². The summed E-state index contributed by atoms with van der Waals surface area (Å²) in [5.74, 6) is 2.39. The first-order chi connectivity index (χ1) is 6.77. The van der Waals surface area contributed by atoms with Crippen LogP contribution in [-0.4, -0.2) is 38.9 Å². The van der Waals surface area contributed by atoms with Gasteiger partial charge in [-0.2, -0.15) is 0 Å². The van der Waals surface area contributed by atoms with Gasteiger partial charge in [-0.15, -0.1) is 11.5 Å². The third-order valence-corrected chi connectivity index (χ3v) is 1.79. The van der Waals surface area contributed by atoms with Crippen LogP contribution in [0.5, 0.6) is 0 Å². The summed E-state index contributed by atoms with van der Waals surface area (Å²) in [6.07, 6.45) is 8.31. The van der Waals surface area contributed by atoms with E-state index in [0.29, 0.717) is 13.1 Å². The van der Waals surface area contributed by atoms with Crippen molar-refractivity contribution < 1.29 is 4.79 Å². The molecule has 5 nitrogen and oxygen atoms in total. The predicted octanol–water partition coefficient (Wildman–Crippen LogP) is -0.240. The number of aromatic nitrogens is 3. The molecule has 1 rings (SSSR count). The molecule has 0 bridgehead atoms. The molecule has 1 amide bonds. The van der Waals surface area contributed by atoms with Crippen LogP contribution in [0.25, 0.3) is 0 Å². The van der Waals surface area contributed by atoms with Gasteiger partial charge in [0.15, 0.2) is 0 Å². The lowest BCUT2D eigenvalue weighted by atomic mass is 10.4. The van der Waals surface area contributed by atoms with Gasteiger partial charge < -0.3 is 4.90 Å². The number of carbonyl (C=O) groups excluding carboxylic acids is 1. The maximum absolute atomic E-state index is 11.6. The van der Waals surface area contributed by atoms with Crippen LogP contribution in [0.15, 0.2) is 12.4 Å². The van der Waals surface area contributed by atoms with E-state index in [-0.39, 0.29) is 12.5 Å². The van der Waals surface area contributed by atoms with E-state index in [9.17, 15) is 4.79 Å². The van der Waals surface area contributed by atoms with Gasteiger partial charge in [0.1, 0.15) is 6.54 Å². The second-order valence-corrected chi connectivity index (χ2v) is 2.71. The minimum absolute atomic E-state index is 0.0454. The molecule has 0 radical (unpaired) electrons. The molecule has 1 heterocycles. The number of carbonyl (C=O) groups is 1. The average molecular weight is 192 g/mol. The van der Waals surface area contributed by atoms with Crippen molar-refractivity contribution in [2.45, 2.75) is 13.5 Å². The normalized spacial score (nSPS) is 9.43. The highest BCUT2D eigenvalue weighted by atomic mass is 16.2. The Kier molecular flexibility index (Phi) is 3.68. The minimum Gasteiger partial charge on any atom is -0.330 e. The Hall–Kier alpha value is -1.83. The highest BCUT2D eigenvalue weighted by Crippen LogP contribution is 1.91. The average Bonchev–Trinajstić information content (AvgIpc) is 2.66. The van der Waals surface area contributed by atoms with E-state index in [1.165, 1.54) is 10.9 Å². The standard InChI is InChI=1S/C9H12N4O/c1-3-6-12(4-2)9(14)8-13-7-5-10-11-13/h1,5,7H,4,6,8H2,2H3. The van der Waals surface area contributed by atoms with Crippen molar-refractivity contribution in [2.75, 3.05) is 13.1 Å². The first kappa shape index (κ1) is 10.3. The number of hydrogen-bond acceptors (Lipinski definition) is 3. The third-order valence-electron chi connectivity index (χ3n) is 1.79. The van der Waals surface area contributed by atoms with E-state index in [4.69, 9.17) is 6.42 Å². The summed E-state index contributed by atoms with van der Waals surface area (Å²) in [5.41, 5.74) is 0. The molecule has 0 atom stereocenters. The van der Waals surface area contributed by atoms with Gasteiger partial charge in [-0.25, -0.2) is 4.68 Å². The fourth-order valence-corrected chi connectivity index (χ4v) is 1.04. The number of hydrogen-bond donors (Lipinski definition) is 0. The Morgan fingerprint density at radius 2 is 2.50 bits per heavy atom. The second-order valence-electron chi connectivity index (χ2n) is 2.71. The zero-order chi connectivity index (χ0) is 10.4. The van der Waals surface area contributed by atoms with Crippen LogP contribution in [0, 0.1) is 12.3 Å². The van der Waals surface area contributed by atoms with Crippen molar-refractivity contribution in [2.24, 2.45) is 0 Å². The molecule has 0 aliphatic carbocycles. The molecular formula is C9H12N4O. The summed E-state index contributed by atoms with van der Waals surface area (Å²) >= 11 is 0. The number of likely N-dealkylation sites (N-methyl/N-ethyl adjacent to an activating group) is 1. The number of amides is 1. The van der Waals surface area contributed by atoms with Gasteiger partial charge in [0.05, 0.1) is 12.7 Å². The largest absolute Gasteiger partial charge is 0.330 e. The van der Waals surface area contributed by atoms with E-state index < -0.39 is 0 Å². The fourth-order valence-electron chi connectivity index (χ4n) is 1.04. The monoisotopic (exact) mass is 192 g/mol. The Balaban J connectivity index is 2.52. The van der Waals surface area contributed by atoms with Crippen LogP contribution in [0.1, 0.15) is 6.92 Å². The van der Waals surface area contributed by atoms with Crippen LogP contribution in [0.4, 0.5) is 0 Å². The van der Waals surface area contributed by atoms with Crippen molar-refractivity contribution in [1.29, 1.82) is 0 Å². The molecule has 0 saturated carbocycles. The van der Waals surface area contributed by atoms with E-state index >= 15 is 0 Å². The smallest absolute Gasteiger partial charge is 0.245 e. The Morgan fingerprint density at radius 3 is 3.00 bits per heavy atom. The fraction of sp³-hybridized carbons (Fsp3) is 0.444. The van der Waals surface area contributed by atoms with Gasteiger partial charge in [-0.3, -0.25) is 4.79 Å². The first-order valence-electron chi connectivity index (χ1n) is 4.33. The van der Waals surface area contributed by atoms with Crippen molar-refractivity contribution in [3.05, 3.63) is 12.4 Å². The summed E-state index contributed by atoms with van der Waals surface area (Å²) < 4.78 is 1.47. The second kappa shape index (κ2) is 5.02. The quantitative estimate of drug-likeness (QED) is 0.619. The highest BCUT2D eigenvalue weighted by Gasteiger charge is 2.10. The molecule has 1 aromatic heterocycles. The molecule has 5 heteroatoms. The van der Waals surface area contributed by atoms with Gasteiger partial charge in [-0.05, 0) is 6.92 Å². The van der Waals surface area contributed by atoms with Crippen LogP contribution in [-0.2, 0) is 11.3 Å². The summed E-state index contributed by atoms with van der Waals surface area (Å²) in [7, 11) is 0. The van der Waals surface area contributed by atoms with E-state index in [0.717, 1.165) is 0 Å². The molecule has 0 spiro atoms. The third kappa shape index (κ3) is 2.59. The topological polar surface area (TPSA) is 51.0 Å². The van der Waals surface area contributed by atoms with E-state index in [1.54, 1.807) is 11.1 Å². The molecule has 0 aliphatic rings. The van der Waals surface area contributed by atoms with Crippen LogP contribution >= 0.6 is 0 Å². The van der Waals surface area contributed by atoms with E-state index in [1.807, 2.05) is 6.92 Å².